The van der Waals surface area contributed by atoms with Crippen molar-refractivity contribution in [2.24, 2.45) is 12.1 Å². The quantitative estimate of drug-likeness (QED) is 0.320. The normalized spacial score (nSPS) is 10.9. The second-order valence-electron chi connectivity index (χ2n) is 6.41. The van der Waals surface area contributed by atoms with E-state index in [1.165, 1.54) is 12.3 Å². The topological polar surface area (TPSA) is 92.8 Å². The van der Waals surface area contributed by atoms with Crippen LogP contribution in [-0.4, -0.2) is 32.4 Å². The molecule has 156 valence electrons. The Morgan fingerprint density at radius 1 is 1.27 bits per heavy atom. The van der Waals surface area contributed by atoms with Crippen molar-refractivity contribution in [3.8, 4) is 17.2 Å². The summed E-state index contributed by atoms with van der Waals surface area (Å²) in [5, 5.41) is 17.1. The summed E-state index contributed by atoms with van der Waals surface area (Å²) in [4.78, 5) is 12.9. The molecule has 0 atom stereocenters. The van der Waals surface area contributed by atoms with Crippen LogP contribution in [0.4, 0.5) is 5.69 Å². The van der Waals surface area contributed by atoms with E-state index in [0.717, 1.165) is 11.4 Å². The fourth-order valence-electron chi connectivity index (χ4n) is 2.90. The molecule has 0 fully saturated rings. The molecular weight excluding hydrogens is 402 g/mol. The summed E-state index contributed by atoms with van der Waals surface area (Å²) >= 11 is 5.25. The first kappa shape index (κ1) is 21.1. The lowest BCUT2D eigenvalue weighted by Crippen LogP contribution is -2.28. The molecule has 0 aliphatic heterocycles. The van der Waals surface area contributed by atoms with E-state index in [1.807, 2.05) is 44.2 Å². The van der Waals surface area contributed by atoms with Crippen molar-refractivity contribution in [1.82, 2.24) is 14.8 Å². The first-order chi connectivity index (χ1) is 14.4. The number of para-hydroxylation sites is 1. The molecule has 0 saturated carbocycles. The fraction of sp³-hybridized carbons (Fsp3) is 0.190. The van der Waals surface area contributed by atoms with Crippen LogP contribution in [0, 0.1) is 6.92 Å². The molecule has 0 amide bonds. The van der Waals surface area contributed by atoms with E-state index in [9.17, 15) is 9.90 Å². The third kappa shape index (κ3) is 4.52. The Kier molecular flexibility index (Phi) is 6.53. The van der Waals surface area contributed by atoms with Gasteiger partial charge in [0.05, 0.1) is 24.2 Å². The number of rotatable bonds is 6. The van der Waals surface area contributed by atoms with Crippen LogP contribution in [0.1, 0.15) is 18.2 Å². The number of nitrogens with zero attached hydrogens (tertiary/aromatic N) is 3. The SMILES string of the molecule is CCOc1ccc(C=NNC(=S)Nc2c(C)n(C)n(-c3ccccc3)c2=O)c(O)c1. The highest BCUT2D eigenvalue weighted by Gasteiger charge is 2.16. The van der Waals surface area contributed by atoms with E-state index >= 15 is 0 Å². The molecule has 3 N–H and O–H groups in total. The van der Waals surface area contributed by atoms with E-state index in [0.29, 0.717) is 23.6 Å². The minimum atomic E-state index is -0.224. The number of ether oxygens (including phenoxy) is 1. The van der Waals surface area contributed by atoms with Gasteiger partial charge in [0.2, 0.25) is 0 Å². The van der Waals surface area contributed by atoms with Crippen molar-refractivity contribution in [3.63, 3.8) is 0 Å². The fourth-order valence-corrected chi connectivity index (χ4v) is 3.06. The number of phenols is 1. The highest BCUT2D eigenvalue weighted by Crippen LogP contribution is 2.22. The Morgan fingerprint density at radius 3 is 2.67 bits per heavy atom. The van der Waals surface area contributed by atoms with Crippen LogP contribution >= 0.6 is 12.2 Å². The average molecular weight is 426 g/mol. The third-order valence-electron chi connectivity index (χ3n) is 4.48. The standard InChI is InChI=1S/C21H23N5O3S/c1-4-29-17-11-10-15(18(27)12-17)13-22-24-21(30)23-19-14(2)25(3)26(20(19)28)16-8-6-5-7-9-16/h5-13,27H,4H2,1-3H3,(H2,23,24,30). The zero-order valence-corrected chi connectivity index (χ0v) is 17.7. The van der Waals surface area contributed by atoms with Crippen molar-refractivity contribution in [3.05, 3.63) is 70.1 Å². The summed E-state index contributed by atoms with van der Waals surface area (Å²) in [6, 6.07) is 14.3. The van der Waals surface area contributed by atoms with Gasteiger partial charge in [-0.1, -0.05) is 18.2 Å². The van der Waals surface area contributed by atoms with Gasteiger partial charge in [-0.25, -0.2) is 4.68 Å². The zero-order valence-electron chi connectivity index (χ0n) is 16.9. The molecule has 0 aliphatic rings. The zero-order chi connectivity index (χ0) is 21.7. The smallest absolute Gasteiger partial charge is 0.295 e. The Labute approximate surface area is 179 Å². The average Bonchev–Trinajstić information content (AvgIpc) is 2.94. The monoisotopic (exact) mass is 425 g/mol. The van der Waals surface area contributed by atoms with Gasteiger partial charge in [-0.05, 0) is 50.3 Å². The van der Waals surface area contributed by atoms with Crippen molar-refractivity contribution >= 4 is 29.2 Å². The van der Waals surface area contributed by atoms with Gasteiger partial charge in [0.25, 0.3) is 5.56 Å². The van der Waals surface area contributed by atoms with Gasteiger partial charge in [-0.2, -0.15) is 5.10 Å². The Bertz CT molecular complexity index is 1140. The second-order valence-corrected chi connectivity index (χ2v) is 6.82. The third-order valence-corrected chi connectivity index (χ3v) is 4.67. The van der Waals surface area contributed by atoms with Gasteiger partial charge in [0.15, 0.2) is 5.11 Å². The van der Waals surface area contributed by atoms with E-state index in [4.69, 9.17) is 17.0 Å². The molecule has 9 heteroatoms. The predicted molar refractivity (Wildman–Crippen MR) is 122 cm³/mol. The number of hydrogen-bond acceptors (Lipinski definition) is 5. The number of hydrogen-bond donors (Lipinski definition) is 3. The molecule has 0 spiro atoms. The van der Waals surface area contributed by atoms with E-state index in [-0.39, 0.29) is 16.4 Å². The van der Waals surface area contributed by atoms with Crippen molar-refractivity contribution in [2.45, 2.75) is 13.8 Å². The first-order valence-corrected chi connectivity index (χ1v) is 9.73. The van der Waals surface area contributed by atoms with Crippen LogP contribution in [0.3, 0.4) is 0 Å². The number of phenolic OH excluding ortho intramolecular Hbond substituents is 1. The molecule has 0 radical (unpaired) electrons. The first-order valence-electron chi connectivity index (χ1n) is 9.32. The molecule has 2 aromatic carbocycles. The number of thiocarbonyl (C=S) groups is 1. The summed E-state index contributed by atoms with van der Waals surface area (Å²) in [5.41, 5.74) is 4.77. The minimum absolute atomic E-state index is 0.0371. The summed E-state index contributed by atoms with van der Waals surface area (Å²) in [5.74, 6) is 0.613. The van der Waals surface area contributed by atoms with Gasteiger partial charge in [-0.15, -0.1) is 0 Å². The van der Waals surface area contributed by atoms with Crippen LogP contribution in [0.2, 0.25) is 0 Å². The second kappa shape index (κ2) is 9.27. The van der Waals surface area contributed by atoms with Crippen LogP contribution < -0.4 is 21.0 Å². The minimum Gasteiger partial charge on any atom is -0.507 e. The molecule has 0 aliphatic carbocycles. The summed E-state index contributed by atoms with van der Waals surface area (Å²) < 4.78 is 8.64. The molecule has 8 nitrogen and oxygen atoms in total. The van der Waals surface area contributed by atoms with Crippen LogP contribution in [0.25, 0.3) is 5.69 Å². The molecule has 0 bridgehead atoms. The van der Waals surface area contributed by atoms with E-state index in [2.05, 4.69) is 15.8 Å². The highest BCUT2D eigenvalue weighted by molar-refractivity contribution is 7.80. The highest BCUT2D eigenvalue weighted by atomic mass is 32.1. The van der Waals surface area contributed by atoms with Crippen LogP contribution in [-0.2, 0) is 7.05 Å². The maximum absolute atomic E-state index is 12.9. The number of aromatic hydroxyl groups is 1. The molecule has 3 aromatic rings. The number of nitrogens with one attached hydrogen (secondary N) is 2. The Hall–Kier alpha value is -3.59. The molecule has 3 rings (SSSR count). The Balaban J connectivity index is 1.71. The number of benzene rings is 2. The Morgan fingerprint density at radius 2 is 2.00 bits per heavy atom. The van der Waals surface area contributed by atoms with E-state index in [1.54, 1.807) is 28.5 Å². The van der Waals surface area contributed by atoms with Crippen molar-refractivity contribution in [1.29, 1.82) is 0 Å². The van der Waals surface area contributed by atoms with Gasteiger partial charge in [-0.3, -0.25) is 14.9 Å². The van der Waals surface area contributed by atoms with Gasteiger partial charge < -0.3 is 15.2 Å². The largest absolute Gasteiger partial charge is 0.507 e. The molecule has 30 heavy (non-hydrogen) atoms. The molecule has 1 aromatic heterocycles. The lowest BCUT2D eigenvalue weighted by Gasteiger charge is -2.07. The number of aromatic nitrogens is 2. The molecular formula is C21H23N5O3S. The van der Waals surface area contributed by atoms with Gasteiger partial charge >= 0.3 is 0 Å². The molecule has 0 saturated heterocycles. The predicted octanol–water partition coefficient (Wildman–Crippen LogP) is 2.91. The maximum Gasteiger partial charge on any atom is 0.295 e. The number of hydrazone groups is 1. The van der Waals surface area contributed by atoms with Crippen LogP contribution in [0.5, 0.6) is 11.5 Å². The van der Waals surface area contributed by atoms with Crippen molar-refractivity contribution < 1.29 is 9.84 Å². The summed E-state index contributed by atoms with van der Waals surface area (Å²) in [7, 11) is 1.80. The lowest BCUT2D eigenvalue weighted by atomic mass is 10.2. The number of anilines is 1. The molecule has 0 unspecified atom stereocenters. The molecule has 1 heterocycles. The van der Waals surface area contributed by atoms with Gasteiger partial charge in [0.1, 0.15) is 17.2 Å². The summed E-state index contributed by atoms with van der Waals surface area (Å²) in [6.07, 6.45) is 1.43. The van der Waals surface area contributed by atoms with Crippen molar-refractivity contribution in [2.75, 3.05) is 11.9 Å². The summed E-state index contributed by atoms with van der Waals surface area (Å²) in [6.45, 7) is 4.21. The van der Waals surface area contributed by atoms with Gasteiger partial charge in [0, 0.05) is 18.7 Å². The maximum atomic E-state index is 12.9. The lowest BCUT2D eigenvalue weighted by molar-refractivity contribution is 0.337. The van der Waals surface area contributed by atoms with E-state index < -0.39 is 0 Å². The van der Waals surface area contributed by atoms with Crippen LogP contribution in [0.15, 0.2) is 58.4 Å².